The van der Waals surface area contributed by atoms with Gasteiger partial charge in [0.05, 0.1) is 0 Å². The Kier molecular flexibility index (Phi) is 2.08. The number of benzene rings is 1. The molecular weight excluding hydrogens is 179 g/mol. The van der Waals surface area contributed by atoms with Crippen LogP contribution < -0.4 is 5.32 Å². The van der Waals surface area contributed by atoms with E-state index in [1.165, 1.54) is 12.1 Å². The van der Waals surface area contributed by atoms with Gasteiger partial charge in [-0.3, -0.25) is 0 Å². The molecule has 0 bridgehead atoms. The predicted octanol–water partition coefficient (Wildman–Crippen LogP) is 2.72. The fourth-order valence-electron chi connectivity index (χ4n) is 1.63. The number of halogens is 1. The van der Waals surface area contributed by atoms with E-state index in [9.17, 15) is 4.39 Å². The van der Waals surface area contributed by atoms with E-state index in [0.717, 1.165) is 16.3 Å². The molecule has 1 heterocycles. The molecule has 1 N–H and O–H groups in total. The van der Waals surface area contributed by atoms with E-state index in [4.69, 9.17) is 0 Å². The molecule has 3 heteroatoms. The monoisotopic (exact) mass is 190 g/mol. The number of rotatable bonds is 1. The van der Waals surface area contributed by atoms with Crippen molar-refractivity contribution in [2.45, 2.75) is 6.92 Å². The molecule has 1 aromatic carbocycles. The van der Waals surface area contributed by atoms with E-state index < -0.39 is 0 Å². The van der Waals surface area contributed by atoms with Gasteiger partial charge in [0.2, 0.25) is 0 Å². The van der Waals surface area contributed by atoms with E-state index in [1.807, 2.05) is 13.0 Å². The van der Waals surface area contributed by atoms with Crippen molar-refractivity contribution in [3.05, 3.63) is 35.8 Å². The Morgan fingerprint density at radius 1 is 1.29 bits per heavy atom. The van der Waals surface area contributed by atoms with E-state index in [1.54, 1.807) is 13.2 Å². The van der Waals surface area contributed by atoms with Crippen molar-refractivity contribution < 1.29 is 4.39 Å². The van der Waals surface area contributed by atoms with Crippen molar-refractivity contribution in [2.75, 3.05) is 12.4 Å². The molecule has 0 spiro atoms. The number of hydrogen-bond acceptors (Lipinski definition) is 2. The van der Waals surface area contributed by atoms with Crippen LogP contribution in [0.3, 0.4) is 0 Å². The lowest BCUT2D eigenvalue weighted by atomic mass is 10.1. The Labute approximate surface area is 81.8 Å². The fourth-order valence-corrected chi connectivity index (χ4v) is 1.63. The zero-order chi connectivity index (χ0) is 10.1. The minimum absolute atomic E-state index is 0.223. The van der Waals surface area contributed by atoms with Crippen LogP contribution in [0.15, 0.2) is 24.4 Å². The number of fused-ring (bicyclic) bond motifs is 1. The highest BCUT2D eigenvalue weighted by Gasteiger charge is 2.04. The fraction of sp³-hybridized carbons (Fsp3) is 0.182. The Morgan fingerprint density at radius 2 is 2.07 bits per heavy atom. The molecule has 72 valence electrons. The van der Waals surface area contributed by atoms with Crippen LogP contribution in [-0.2, 0) is 0 Å². The molecule has 0 radical (unpaired) electrons. The molecule has 2 nitrogen and oxygen atoms in total. The third-order valence-electron chi connectivity index (χ3n) is 2.29. The van der Waals surface area contributed by atoms with E-state index >= 15 is 0 Å². The van der Waals surface area contributed by atoms with Gasteiger partial charge in [-0.25, -0.2) is 9.37 Å². The Balaban J connectivity index is 2.86. The second kappa shape index (κ2) is 3.25. The highest BCUT2D eigenvalue weighted by Crippen LogP contribution is 2.24. The average molecular weight is 190 g/mol. The standard InChI is InChI=1S/C11H11FN2/c1-7-5-8(12)6-10-9(7)3-4-14-11(10)13-2/h3-6H,1-2H3,(H,13,14). The van der Waals surface area contributed by atoms with Crippen molar-refractivity contribution in [3.63, 3.8) is 0 Å². The van der Waals surface area contributed by atoms with Gasteiger partial charge in [-0.05, 0) is 36.1 Å². The molecule has 0 aliphatic rings. The van der Waals surface area contributed by atoms with E-state index in [-0.39, 0.29) is 5.82 Å². The van der Waals surface area contributed by atoms with Crippen LogP contribution in [0.4, 0.5) is 10.2 Å². The summed E-state index contributed by atoms with van der Waals surface area (Å²) in [6, 6.07) is 4.92. The molecular formula is C11H11FN2. The van der Waals surface area contributed by atoms with Crippen molar-refractivity contribution in [1.82, 2.24) is 4.98 Å². The molecule has 14 heavy (non-hydrogen) atoms. The molecule has 0 aliphatic heterocycles. The summed E-state index contributed by atoms with van der Waals surface area (Å²) >= 11 is 0. The Hall–Kier alpha value is -1.64. The predicted molar refractivity (Wildman–Crippen MR) is 56.0 cm³/mol. The van der Waals surface area contributed by atoms with E-state index in [0.29, 0.717) is 5.82 Å². The van der Waals surface area contributed by atoms with Crippen molar-refractivity contribution in [3.8, 4) is 0 Å². The van der Waals surface area contributed by atoms with Crippen LogP contribution in [0.5, 0.6) is 0 Å². The smallest absolute Gasteiger partial charge is 0.133 e. The summed E-state index contributed by atoms with van der Waals surface area (Å²) in [5, 5.41) is 4.81. The Morgan fingerprint density at radius 3 is 2.79 bits per heavy atom. The van der Waals surface area contributed by atoms with Gasteiger partial charge in [-0.1, -0.05) is 0 Å². The van der Waals surface area contributed by atoms with E-state index in [2.05, 4.69) is 10.3 Å². The largest absolute Gasteiger partial charge is 0.373 e. The number of aryl methyl sites for hydroxylation is 1. The zero-order valence-corrected chi connectivity index (χ0v) is 8.13. The van der Waals surface area contributed by atoms with Crippen molar-refractivity contribution >= 4 is 16.6 Å². The maximum atomic E-state index is 13.2. The van der Waals surface area contributed by atoms with Gasteiger partial charge in [-0.2, -0.15) is 0 Å². The number of nitrogens with zero attached hydrogens (tertiary/aromatic N) is 1. The summed E-state index contributed by atoms with van der Waals surface area (Å²) in [6.45, 7) is 1.89. The first-order valence-electron chi connectivity index (χ1n) is 4.45. The first-order chi connectivity index (χ1) is 6.72. The maximum Gasteiger partial charge on any atom is 0.133 e. The van der Waals surface area contributed by atoms with Gasteiger partial charge in [0.15, 0.2) is 0 Å². The first-order valence-corrected chi connectivity index (χ1v) is 4.45. The Bertz CT molecular complexity index is 480. The second-order valence-corrected chi connectivity index (χ2v) is 3.23. The summed E-state index contributed by atoms with van der Waals surface area (Å²) < 4.78 is 13.2. The summed E-state index contributed by atoms with van der Waals surface area (Å²) in [5.41, 5.74) is 0.930. The summed E-state index contributed by atoms with van der Waals surface area (Å²) in [6.07, 6.45) is 1.72. The number of hydrogen-bond donors (Lipinski definition) is 1. The summed E-state index contributed by atoms with van der Waals surface area (Å²) in [5.74, 6) is 0.490. The number of anilines is 1. The van der Waals surface area contributed by atoms with Crippen molar-refractivity contribution in [2.24, 2.45) is 0 Å². The van der Waals surface area contributed by atoms with Gasteiger partial charge < -0.3 is 5.32 Å². The van der Waals surface area contributed by atoms with Crippen LogP contribution in [0.2, 0.25) is 0 Å². The number of aromatic nitrogens is 1. The van der Waals surface area contributed by atoms with Crippen LogP contribution in [0.1, 0.15) is 5.56 Å². The normalized spacial score (nSPS) is 10.5. The van der Waals surface area contributed by atoms with Gasteiger partial charge in [0.1, 0.15) is 11.6 Å². The molecule has 0 saturated carbocycles. The third-order valence-corrected chi connectivity index (χ3v) is 2.29. The topological polar surface area (TPSA) is 24.9 Å². The van der Waals surface area contributed by atoms with Crippen molar-refractivity contribution in [1.29, 1.82) is 0 Å². The van der Waals surface area contributed by atoms with Gasteiger partial charge in [-0.15, -0.1) is 0 Å². The highest BCUT2D eigenvalue weighted by atomic mass is 19.1. The molecule has 0 amide bonds. The summed E-state index contributed by atoms with van der Waals surface area (Å²) in [4.78, 5) is 4.13. The molecule has 0 atom stereocenters. The molecule has 0 unspecified atom stereocenters. The quantitative estimate of drug-likeness (QED) is 0.747. The van der Waals surface area contributed by atoms with Gasteiger partial charge in [0.25, 0.3) is 0 Å². The lowest BCUT2D eigenvalue weighted by molar-refractivity contribution is 0.628. The third kappa shape index (κ3) is 1.31. The minimum Gasteiger partial charge on any atom is -0.373 e. The minimum atomic E-state index is -0.223. The lowest BCUT2D eigenvalue weighted by Crippen LogP contribution is -1.94. The lowest BCUT2D eigenvalue weighted by Gasteiger charge is -2.06. The van der Waals surface area contributed by atoms with Crippen LogP contribution in [0.25, 0.3) is 10.8 Å². The molecule has 0 saturated heterocycles. The van der Waals surface area contributed by atoms with Crippen LogP contribution in [-0.4, -0.2) is 12.0 Å². The molecule has 2 aromatic rings. The molecule has 1 aromatic heterocycles. The van der Waals surface area contributed by atoms with Gasteiger partial charge in [0, 0.05) is 18.6 Å². The molecule has 2 rings (SSSR count). The SMILES string of the molecule is CNc1nccc2c(C)cc(F)cc12. The van der Waals surface area contributed by atoms with Crippen LogP contribution >= 0.6 is 0 Å². The molecule has 0 aliphatic carbocycles. The second-order valence-electron chi connectivity index (χ2n) is 3.23. The number of nitrogens with one attached hydrogen (secondary N) is 1. The molecule has 0 fully saturated rings. The summed E-state index contributed by atoms with van der Waals surface area (Å²) in [7, 11) is 1.78. The highest BCUT2D eigenvalue weighted by molar-refractivity contribution is 5.93. The van der Waals surface area contributed by atoms with Gasteiger partial charge >= 0.3 is 0 Å². The number of pyridine rings is 1. The van der Waals surface area contributed by atoms with Crippen LogP contribution in [0, 0.1) is 12.7 Å². The average Bonchev–Trinajstić information content (AvgIpc) is 2.17. The maximum absolute atomic E-state index is 13.2. The zero-order valence-electron chi connectivity index (χ0n) is 8.13. The first kappa shape index (κ1) is 8.94.